The number of hydrogen-bond acceptors (Lipinski definition) is 2. The monoisotopic (exact) mass is 266 g/mol. The predicted octanol–water partition coefficient (Wildman–Crippen LogP) is 3.22. The molecular formula is C14H13F3N2. The lowest BCUT2D eigenvalue weighted by Crippen LogP contribution is -2.22. The zero-order chi connectivity index (χ0) is 13.8. The Kier molecular flexibility index (Phi) is 4.06. The molecule has 2 aromatic rings. The average Bonchev–Trinajstić information content (AvgIpc) is 2.39. The zero-order valence-electron chi connectivity index (χ0n) is 10.0. The van der Waals surface area contributed by atoms with Crippen LogP contribution in [0.1, 0.15) is 11.6 Å². The molecule has 0 fully saturated rings. The molecule has 5 heteroatoms. The molecule has 3 N–H and O–H groups in total. The normalized spacial score (nSPS) is 12.2. The molecule has 0 aromatic heterocycles. The Labute approximate surface area is 109 Å². The summed E-state index contributed by atoms with van der Waals surface area (Å²) in [5, 5.41) is 2.81. The molecule has 2 rings (SSSR count). The van der Waals surface area contributed by atoms with Gasteiger partial charge in [0.05, 0.1) is 11.7 Å². The molecule has 1 unspecified atom stereocenters. The van der Waals surface area contributed by atoms with Crippen LogP contribution in [0, 0.1) is 17.5 Å². The minimum atomic E-state index is -0.709. The molecule has 0 heterocycles. The van der Waals surface area contributed by atoms with Crippen molar-refractivity contribution in [3.63, 3.8) is 0 Å². The Balaban J connectivity index is 2.28. The van der Waals surface area contributed by atoms with Gasteiger partial charge in [0.2, 0.25) is 0 Å². The Morgan fingerprint density at radius 3 is 2.37 bits per heavy atom. The molecule has 0 spiro atoms. The molecule has 2 aromatic carbocycles. The summed E-state index contributed by atoms with van der Waals surface area (Å²) < 4.78 is 40.0. The predicted molar refractivity (Wildman–Crippen MR) is 68.2 cm³/mol. The molecule has 0 saturated heterocycles. The van der Waals surface area contributed by atoms with Crippen LogP contribution in [0.15, 0.2) is 42.5 Å². The quantitative estimate of drug-likeness (QED) is 0.891. The van der Waals surface area contributed by atoms with Crippen LogP contribution in [0.25, 0.3) is 0 Å². The van der Waals surface area contributed by atoms with Gasteiger partial charge in [0.1, 0.15) is 17.5 Å². The Morgan fingerprint density at radius 2 is 1.74 bits per heavy atom. The van der Waals surface area contributed by atoms with E-state index < -0.39 is 23.5 Å². The second-order valence-corrected chi connectivity index (χ2v) is 4.08. The van der Waals surface area contributed by atoms with E-state index in [9.17, 15) is 13.2 Å². The van der Waals surface area contributed by atoms with E-state index in [4.69, 9.17) is 5.73 Å². The number of hydrogen-bond donors (Lipinski definition) is 2. The molecule has 100 valence electrons. The molecule has 1 atom stereocenters. The van der Waals surface area contributed by atoms with E-state index in [1.165, 1.54) is 18.2 Å². The van der Waals surface area contributed by atoms with Gasteiger partial charge in [-0.2, -0.15) is 0 Å². The largest absolute Gasteiger partial charge is 0.374 e. The third-order valence-corrected chi connectivity index (χ3v) is 2.78. The third-order valence-electron chi connectivity index (χ3n) is 2.78. The minimum absolute atomic E-state index is 0.0525. The van der Waals surface area contributed by atoms with Gasteiger partial charge in [0, 0.05) is 18.2 Å². The smallest absolute Gasteiger partial charge is 0.146 e. The Morgan fingerprint density at radius 1 is 1.00 bits per heavy atom. The number of halogens is 3. The van der Waals surface area contributed by atoms with Crippen molar-refractivity contribution in [2.45, 2.75) is 6.04 Å². The lowest BCUT2D eigenvalue weighted by Gasteiger charge is -2.19. The van der Waals surface area contributed by atoms with Gasteiger partial charge >= 0.3 is 0 Å². The summed E-state index contributed by atoms with van der Waals surface area (Å²) in [4.78, 5) is 0. The fourth-order valence-corrected chi connectivity index (χ4v) is 1.81. The number of rotatable bonds is 4. The van der Waals surface area contributed by atoms with E-state index in [0.29, 0.717) is 0 Å². The van der Waals surface area contributed by atoms with Crippen LogP contribution < -0.4 is 11.1 Å². The van der Waals surface area contributed by atoms with Crippen LogP contribution in [0.4, 0.5) is 18.9 Å². The average molecular weight is 266 g/mol. The first-order chi connectivity index (χ1) is 9.11. The van der Waals surface area contributed by atoms with Crippen molar-refractivity contribution < 1.29 is 13.2 Å². The van der Waals surface area contributed by atoms with Crippen LogP contribution in [0.3, 0.4) is 0 Å². The Hall–Kier alpha value is -2.01. The van der Waals surface area contributed by atoms with Gasteiger partial charge in [-0.25, -0.2) is 13.2 Å². The van der Waals surface area contributed by atoms with Crippen LogP contribution >= 0.6 is 0 Å². The van der Waals surface area contributed by atoms with Crippen molar-refractivity contribution in [1.29, 1.82) is 0 Å². The summed E-state index contributed by atoms with van der Waals surface area (Å²) in [6, 6.07) is 8.62. The first-order valence-corrected chi connectivity index (χ1v) is 5.78. The van der Waals surface area contributed by atoms with E-state index in [1.807, 2.05) is 0 Å². The summed E-state index contributed by atoms with van der Waals surface area (Å²) in [6.45, 7) is 0.0525. The topological polar surface area (TPSA) is 38.0 Å². The van der Waals surface area contributed by atoms with Crippen molar-refractivity contribution in [1.82, 2.24) is 0 Å². The minimum Gasteiger partial charge on any atom is -0.374 e. The van der Waals surface area contributed by atoms with Crippen LogP contribution in [0.2, 0.25) is 0 Å². The summed E-state index contributed by atoms with van der Waals surface area (Å²) in [5.41, 5.74) is 5.99. The fraction of sp³-hybridized carbons (Fsp3) is 0.143. The van der Waals surface area contributed by atoms with Gasteiger partial charge in [-0.1, -0.05) is 18.2 Å². The van der Waals surface area contributed by atoms with Crippen LogP contribution in [-0.4, -0.2) is 6.54 Å². The summed E-state index contributed by atoms with van der Waals surface area (Å²) in [7, 11) is 0. The SMILES string of the molecule is NCC(Nc1ccccc1F)c1ccc(F)cc1F. The highest BCUT2D eigenvalue weighted by Crippen LogP contribution is 2.23. The highest BCUT2D eigenvalue weighted by molar-refractivity contribution is 5.47. The van der Waals surface area contributed by atoms with Gasteiger partial charge in [0.25, 0.3) is 0 Å². The van der Waals surface area contributed by atoms with E-state index in [-0.39, 0.29) is 17.8 Å². The van der Waals surface area contributed by atoms with Gasteiger partial charge in [-0.05, 0) is 18.2 Å². The maximum atomic E-state index is 13.7. The summed E-state index contributed by atoms with van der Waals surface area (Å²) in [5.74, 6) is -1.83. The molecule has 19 heavy (non-hydrogen) atoms. The number of benzene rings is 2. The van der Waals surface area contributed by atoms with Crippen LogP contribution in [0.5, 0.6) is 0 Å². The molecule has 2 nitrogen and oxygen atoms in total. The maximum Gasteiger partial charge on any atom is 0.146 e. The van der Waals surface area contributed by atoms with Crippen molar-refractivity contribution in [2.24, 2.45) is 5.73 Å². The second kappa shape index (κ2) is 5.75. The maximum absolute atomic E-state index is 13.7. The number of nitrogens with one attached hydrogen (secondary N) is 1. The van der Waals surface area contributed by atoms with Gasteiger partial charge in [-0.3, -0.25) is 0 Å². The van der Waals surface area contributed by atoms with E-state index >= 15 is 0 Å². The molecule has 0 aliphatic carbocycles. The number of nitrogens with two attached hydrogens (primary N) is 1. The third kappa shape index (κ3) is 3.06. The lowest BCUT2D eigenvalue weighted by atomic mass is 10.1. The van der Waals surface area contributed by atoms with Crippen molar-refractivity contribution in [3.05, 3.63) is 65.5 Å². The molecule has 0 radical (unpaired) electrons. The highest BCUT2D eigenvalue weighted by atomic mass is 19.1. The van der Waals surface area contributed by atoms with Crippen molar-refractivity contribution in [3.8, 4) is 0 Å². The lowest BCUT2D eigenvalue weighted by molar-refractivity contribution is 0.560. The van der Waals surface area contributed by atoms with Crippen LogP contribution in [-0.2, 0) is 0 Å². The molecular weight excluding hydrogens is 253 g/mol. The van der Waals surface area contributed by atoms with E-state index in [0.717, 1.165) is 12.1 Å². The van der Waals surface area contributed by atoms with Crippen molar-refractivity contribution in [2.75, 3.05) is 11.9 Å². The molecule has 0 aliphatic rings. The standard InChI is InChI=1S/C14H13F3N2/c15-9-5-6-10(12(17)7-9)14(8-18)19-13-4-2-1-3-11(13)16/h1-7,14,19H,8,18H2. The fourth-order valence-electron chi connectivity index (χ4n) is 1.81. The Bertz CT molecular complexity index is 572. The van der Waals surface area contributed by atoms with E-state index in [1.54, 1.807) is 12.1 Å². The van der Waals surface area contributed by atoms with Gasteiger partial charge in [0.15, 0.2) is 0 Å². The zero-order valence-corrected chi connectivity index (χ0v) is 10.0. The number of anilines is 1. The van der Waals surface area contributed by atoms with E-state index in [2.05, 4.69) is 5.32 Å². The first-order valence-electron chi connectivity index (χ1n) is 5.78. The molecule has 0 aliphatic heterocycles. The molecule has 0 saturated carbocycles. The second-order valence-electron chi connectivity index (χ2n) is 4.08. The molecule has 0 amide bonds. The highest BCUT2D eigenvalue weighted by Gasteiger charge is 2.16. The van der Waals surface area contributed by atoms with Gasteiger partial charge < -0.3 is 11.1 Å². The first kappa shape index (κ1) is 13.4. The van der Waals surface area contributed by atoms with Gasteiger partial charge in [-0.15, -0.1) is 0 Å². The molecule has 0 bridgehead atoms. The number of para-hydroxylation sites is 1. The van der Waals surface area contributed by atoms with Crippen molar-refractivity contribution >= 4 is 5.69 Å². The summed E-state index contributed by atoms with van der Waals surface area (Å²) in [6.07, 6.45) is 0. The summed E-state index contributed by atoms with van der Waals surface area (Å²) >= 11 is 0.